The van der Waals surface area contributed by atoms with E-state index in [1.54, 1.807) is 0 Å². The first-order valence-corrected chi connectivity index (χ1v) is 4.89. The molecule has 2 aromatic rings. The molecule has 1 aromatic carbocycles. The molecular formula is C12H7F4NO. The Kier molecular flexibility index (Phi) is 3.18. The minimum atomic E-state index is -1.68. The van der Waals surface area contributed by atoms with Crippen LogP contribution in [-0.4, -0.2) is 12.1 Å². The fraction of sp³-hybridized carbons (Fsp3) is 0.0833. The maximum absolute atomic E-state index is 13.4. The van der Waals surface area contributed by atoms with Crippen molar-refractivity contribution >= 4 is 0 Å². The summed E-state index contributed by atoms with van der Waals surface area (Å²) >= 11 is 0. The predicted molar refractivity (Wildman–Crippen MR) is 56.1 cm³/mol. The molecule has 0 saturated heterocycles. The van der Waals surface area contributed by atoms with E-state index in [1.165, 1.54) is 31.4 Å². The minimum absolute atomic E-state index is 0.00833. The molecule has 0 aliphatic heterocycles. The van der Waals surface area contributed by atoms with E-state index >= 15 is 0 Å². The lowest BCUT2D eigenvalue weighted by Gasteiger charge is -2.07. The maximum Gasteiger partial charge on any atom is 0.252 e. The molecule has 0 spiro atoms. The van der Waals surface area contributed by atoms with Gasteiger partial charge < -0.3 is 4.74 Å². The van der Waals surface area contributed by atoms with Crippen LogP contribution in [0.5, 0.6) is 5.75 Å². The summed E-state index contributed by atoms with van der Waals surface area (Å²) in [5.74, 6) is -5.97. The van der Waals surface area contributed by atoms with Gasteiger partial charge in [0.05, 0.1) is 12.7 Å². The lowest BCUT2D eigenvalue weighted by atomic mass is 10.1. The fourth-order valence-electron chi connectivity index (χ4n) is 1.50. The van der Waals surface area contributed by atoms with Crippen LogP contribution in [-0.2, 0) is 0 Å². The Morgan fingerprint density at radius 1 is 0.889 bits per heavy atom. The average Bonchev–Trinajstić information content (AvgIpc) is 2.37. The Morgan fingerprint density at radius 3 is 1.83 bits per heavy atom. The van der Waals surface area contributed by atoms with Crippen molar-refractivity contribution in [1.82, 2.24) is 4.98 Å². The third-order valence-electron chi connectivity index (χ3n) is 2.38. The van der Waals surface area contributed by atoms with E-state index in [-0.39, 0.29) is 5.56 Å². The summed E-state index contributed by atoms with van der Waals surface area (Å²) in [6, 6.07) is 5.42. The van der Waals surface area contributed by atoms with Gasteiger partial charge in [0.2, 0.25) is 0 Å². The second-order valence-electron chi connectivity index (χ2n) is 3.42. The summed E-state index contributed by atoms with van der Waals surface area (Å²) < 4.78 is 57.6. The summed E-state index contributed by atoms with van der Waals surface area (Å²) in [4.78, 5) is 2.48. The molecule has 0 bridgehead atoms. The van der Waals surface area contributed by atoms with Gasteiger partial charge in [-0.1, -0.05) is 12.1 Å². The van der Waals surface area contributed by atoms with Gasteiger partial charge in [-0.3, -0.25) is 0 Å². The van der Waals surface area contributed by atoms with Crippen molar-refractivity contribution in [3.05, 3.63) is 47.8 Å². The van der Waals surface area contributed by atoms with Crippen LogP contribution in [0.15, 0.2) is 24.3 Å². The molecule has 2 rings (SSSR count). The second-order valence-corrected chi connectivity index (χ2v) is 3.42. The van der Waals surface area contributed by atoms with Gasteiger partial charge in [-0.05, 0) is 17.7 Å². The van der Waals surface area contributed by atoms with Gasteiger partial charge in [-0.2, -0.15) is 13.8 Å². The Morgan fingerprint density at radius 2 is 1.39 bits per heavy atom. The van der Waals surface area contributed by atoms with Crippen LogP contribution in [0, 0.1) is 23.5 Å². The number of halogens is 4. The average molecular weight is 257 g/mol. The van der Waals surface area contributed by atoms with E-state index in [9.17, 15) is 17.6 Å². The fourth-order valence-corrected chi connectivity index (χ4v) is 1.50. The largest absolute Gasteiger partial charge is 0.497 e. The summed E-state index contributed by atoms with van der Waals surface area (Å²) in [5.41, 5.74) is -0.798. The van der Waals surface area contributed by atoms with Crippen LogP contribution in [0.3, 0.4) is 0 Å². The molecular weight excluding hydrogens is 250 g/mol. The molecule has 6 heteroatoms. The van der Waals surface area contributed by atoms with E-state index in [0.717, 1.165) is 0 Å². The molecule has 0 fully saturated rings. The normalized spacial score (nSPS) is 10.5. The molecule has 1 heterocycles. The topological polar surface area (TPSA) is 22.1 Å². The number of pyridine rings is 1. The predicted octanol–water partition coefficient (Wildman–Crippen LogP) is 3.31. The molecule has 18 heavy (non-hydrogen) atoms. The van der Waals surface area contributed by atoms with E-state index in [4.69, 9.17) is 4.74 Å². The maximum atomic E-state index is 13.4. The summed E-state index contributed by atoms with van der Waals surface area (Å²) in [6.45, 7) is 0. The molecule has 1 aromatic heterocycles. The number of ether oxygens (including phenoxy) is 1. The van der Waals surface area contributed by atoms with E-state index in [1.807, 2.05) is 0 Å². The van der Waals surface area contributed by atoms with Crippen molar-refractivity contribution in [3.8, 4) is 16.9 Å². The SMILES string of the molecule is COc1ccc(-c2c(F)c(F)nc(F)c2F)cc1. The van der Waals surface area contributed by atoms with Crippen LogP contribution in [0.2, 0.25) is 0 Å². The zero-order chi connectivity index (χ0) is 13.3. The van der Waals surface area contributed by atoms with Gasteiger partial charge >= 0.3 is 0 Å². The van der Waals surface area contributed by atoms with Crippen molar-refractivity contribution in [2.45, 2.75) is 0 Å². The third-order valence-corrected chi connectivity index (χ3v) is 2.38. The van der Waals surface area contributed by atoms with Gasteiger partial charge in [-0.15, -0.1) is 0 Å². The van der Waals surface area contributed by atoms with Gasteiger partial charge in [0.1, 0.15) is 5.75 Å². The molecule has 0 saturated carbocycles. The van der Waals surface area contributed by atoms with Gasteiger partial charge in [0.15, 0.2) is 11.6 Å². The summed E-state index contributed by atoms with van der Waals surface area (Å²) in [6.07, 6.45) is 0. The van der Waals surface area contributed by atoms with Crippen molar-refractivity contribution in [3.63, 3.8) is 0 Å². The number of benzene rings is 1. The van der Waals surface area contributed by atoms with Gasteiger partial charge in [-0.25, -0.2) is 8.78 Å². The van der Waals surface area contributed by atoms with Crippen molar-refractivity contribution in [2.75, 3.05) is 7.11 Å². The van der Waals surface area contributed by atoms with Gasteiger partial charge in [0.25, 0.3) is 11.9 Å². The minimum Gasteiger partial charge on any atom is -0.497 e. The van der Waals surface area contributed by atoms with Crippen LogP contribution in [0.4, 0.5) is 17.6 Å². The van der Waals surface area contributed by atoms with Gasteiger partial charge in [0, 0.05) is 0 Å². The Balaban J connectivity index is 2.62. The molecule has 0 N–H and O–H groups in total. The standard InChI is InChI=1S/C12H7F4NO/c1-18-7-4-2-6(3-5-7)8-9(13)11(15)17-12(16)10(8)14/h2-5H,1H3. The molecule has 2 nitrogen and oxygen atoms in total. The lowest BCUT2D eigenvalue weighted by molar-refractivity contribution is 0.410. The summed E-state index contributed by atoms with van der Waals surface area (Å²) in [7, 11) is 1.42. The zero-order valence-corrected chi connectivity index (χ0v) is 9.18. The van der Waals surface area contributed by atoms with Crippen LogP contribution < -0.4 is 4.74 Å². The number of hydrogen-bond donors (Lipinski definition) is 0. The quantitative estimate of drug-likeness (QED) is 0.608. The highest BCUT2D eigenvalue weighted by atomic mass is 19.2. The summed E-state index contributed by atoms with van der Waals surface area (Å²) in [5, 5.41) is 0. The highest BCUT2D eigenvalue weighted by molar-refractivity contribution is 5.65. The number of methoxy groups -OCH3 is 1. The lowest BCUT2D eigenvalue weighted by Crippen LogP contribution is -2.02. The second kappa shape index (κ2) is 4.64. The van der Waals surface area contributed by atoms with Crippen LogP contribution in [0.1, 0.15) is 0 Å². The molecule has 0 unspecified atom stereocenters. The number of nitrogens with zero attached hydrogens (tertiary/aromatic N) is 1. The van der Waals surface area contributed by atoms with E-state index < -0.39 is 29.1 Å². The first-order valence-electron chi connectivity index (χ1n) is 4.89. The van der Waals surface area contributed by atoms with E-state index in [2.05, 4.69) is 4.98 Å². The molecule has 0 aliphatic carbocycles. The highest BCUT2D eigenvalue weighted by Gasteiger charge is 2.21. The van der Waals surface area contributed by atoms with Crippen molar-refractivity contribution in [2.24, 2.45) is 0 Å². The Bertz CT molecular complexity index is 557. The molecule has 0 aliphatic rings. The number of aromatic nitrogens is 1. The van der Waals surface area contributed by atoms with Crippen molar-refractivity contribution in [1.29, 1.82) is 0 Å². The first kappa shape index (κ1) is 12.3. The zero-order valence-electron chi connectivity index (χ0n) is 9.18. The van der Waals surface area contributed by atoms with Crippen LogP contribution >= 0.6 is 0 Å². The smallest absolute Gasteiger partial charge is 0.252 e. The van der Waals surface area contributed by atoms with Crippen molar-refractivity contribution < 1.29 is 22.3 Å². The number of hydrogen-bond acceptors (Lipinski definition) is 2. The number of rotatable bonds is 2. The monoisotopic (exact) mass is 257 g/mol. The van der Waals surface area contributed by atoms with E-state index in [0.29, 0.717) is 5.75 Å². The Labute approximate surface area is 99.8 Å². The first-order chi connectivity index (χ1) is 8.54. The Hall–Kier alpha value is -2.11. The van der Waals surface area contributed by atoms with Crippen LogP contribution in [0.25, 0.3) is 11.1 Å². The molecule has 0 amide bonds. The molecule has 0 atom stereocenters. The molecule has 94 valence electrons. The molecule has 0 radical (unpaired) electrons. The highest BCUT2D eigenvalue weighted by Crippen LogP contribution is 2.29. The third kappa shape index (κ3) is 2.01.